The number of nitrogens with zero attached hydrogens (tertiary/aromatic N) is 1. The lowest BCUT2D eigenvalue weighted by Crippen LogP contribution is -2.13. The Labute approximate surface area is 105 Å². The van der Waals surface area contributed by atoms with E-state index in [4.69, 9.17) is 0 Å². The minimum atomic E-state index is -0.160. The van der Waals surface area contributed by atoms with E-state index in [9.17, 15) is 4.39 Å². The summed E-state index contributed by atoms with van der Waals surface area (Å²) >= 11 is 1.67. The van der Waals surface area contributed by atoms with E-state index in [-0.39, 0.29) is 5.82 Å². The lowest BCUT2D eigenvalue weighted by molar-refractivity contribution is 0.586. The van der Waals surface area contributed by atoms with Crippen molar-refractivity contribution in [1.82, 2.24) is 10.3 Å². The second-order valence-corrected chi connectivity index (χ2v) is 4.72. The van der Waals surface area contributed by atoms with Gasteiger partial charge in [0.1, 0.15) is 5.82 Å². The SMILES string of the molecule is CCc1nc(CNCc2ccccc2F)cs1. The van der Waals surface area contributed by atoms with Crippen molar-refractivity contribution >= 4 is 11.3 Å². The van der Waals surface area contributed by atoms with Crippen molar-refractivity contribution in [3.05, 3.63) is 51.7 Å². The Balaban J connectivity index is 1.85. The monoisotopic (exact) mass is 250 g/mol. The van der Waals surface area contributed by atoms with Gasteiger partial charge in [0.2, 0.25) is 0 Å². The summed E-state index contributed by atoms with van der Waals surface area (Å²) in [6, 6.07) is 6.82. The number of rotatable bonds is 5. The molecule has 0 amide bonds. The Morgan fingerprint density at radius 1 is 1.29 bits per heavy atom. The number of hydrogen-bond acceptors (Lipinski definition) is 3. The van der Waals surface area contributed by atoms with Gasteiger partial charge in [0.25, 0.3) is 0 Å². The summed E-state index contributed by atoms with van der Waals surface area (Å²) in [6.45, 7) is 3.31. The molecule has 2 aromatic rings. The van der Waals surface area contributed by atoms with Crippen LogP contribution >= 0.6 is 11.3 Å². The fraction of sp³-hybridized carbons (Fsp3) is 0.308. The number of halogens is 1. The quantitative estimate of drug-likeness (QED) is 0.882. The molecular weight excluding hydrogens is 235 g/mol. The Morgan fingerprint density at radius 3 is 2.82 bits per heavy atom. The number of aromatic nitrogens is 1. The molecule has 2 nitrogen and oxygen atoms in total. The van der Waals surface area contributed by atoms with Gasteiger partial charge in [-0.15, -0.1) is 11.3 Å². The highest BCUT2D eigenvalue weighted by Crippen LogP contribution is 2.10. The zero-order chi connectivity index (χ0) is 12.1. The zero-order valence-corrected chi connectivity index (χ0v) is 10.6. The first-order valence-electron chi connectivity index (χ1n) is 5.67. The number of aryl methyl sites for hydroxylation is 1. The van der Waals surface area contributed by atoms with Crippen molar-refractivity contribution in [3.63, 3.8) is 0 Å². The first-order chi connectivity index (χ1) is 8.29. The van der Waals surface area contributed by atoms with E-state index in [1.54, 1.807) is 23.5 Å². The molecule has 1 heterocycles. The molecule has 4 heteroatoms. The van der Waals surface area contributed by atoms with E-state index >= 15 is 0 Å². The molecule has 0 bridgehead atoms. The van der Waals surface area contributed by atoms with E-state index in [0.717, 1.165) is 17.1 Å². The molecule has 0 aliphatic heterocycles. The van der Waals surface area contributed by atoms with Gasteiger partial charge in [0, 0.05) is 24.0 Å². The first-order valence-corrected chi connectivity index (χ1v) is 6.55. The van der Waals surface area contributed by atoms with Crippen LogP contribution in [0.4, 0.5) is 4.39 Å². The van der Waals surface area contributed by atoms with Crippen LogP contribution in [0.2, 0.25) is 0 Å². The van der Waals surface area contributed by atoms with E-state index < -0.39 is 0 Å². The Morgan fingerprint density at radius 2 is 2.12 bits per heavy atom. The largest absolute Gasteiger partial charge is 0.307 e. The van der Waals surface area contributed by atoms with E-state index in [1.807, 2.05) is 11.4 Å². The highest BCUT2D eigenvalue weighted by Gasteiger charge is 2.02. The molecule has 0 radical (unpaired) electrons. The van der Waals surface area contributed by atoms with Crippen molar-refractivity contribution in [3.8, 4) is 0 Å². The predicted molar refractivity (Wildman–Crippen MR) is 68.4 cm³/mol. The van der Waals surface area contributed by atoms with Crippen LogP contribution < -0.4 is 5.32 Å². The van der Waals surface area contributed by atoms with E-state index in [1.165, 1.54) is 6.07 Å². The van der Waals surface area contributed by atoms with Gasteiger partial charge < -0.3 is 5.32 Å². The minimum Gasteiger partial charge on any atom is -0.307 e. The van der Waals surface area contributed by atoms with Gasteiger partial charge in [-0.25, -0.2) is 9.37 Å². The second kappa shape index (κ2) is 5.89. The third kappa shape index (κ3) is 3.35. The Kier molecular flexibility index (Phi) is 4.23. The lowest BCUT2D eigenvalue weighted by Gasteiger charge is -2.03. The molecule has 0 aliphatic rings. The van der Waals surface area contributed by atoms with Crippen molar-refractivity contribution in [1.29, 1.82) is 0 Å². The Hall–Kier alpha value is -1.26. The first kappa shape index (κ1) is 12.2. The number of thiazole rings is 1. The normalized spacial score (nSPS) is 10.7. The van der Waals surface area contributed by atoms with Crippen LogP contribution in [0.3, 0.4) is 0 Å². The van der Waals surface area contributed by atoms with Crippen LogP contribution in [-0.4, -0.2) is 4.98 Å². The maximum absolute atomic E-state index is 13.3. The van der Waals surface area contributed by atoms with Crippen LogP contribution in [0.1, 0.15) is 23.2 Å². The molecule has 1 aromatic carbocycles. The van der Waals surface area contributed by atoms with Gasteiger partial charge >= 0.3 is 0 Å². The van der Waals surface area contributed by atoms with Crippen molar-refractivity contribution in [2.75, 3.05) is 0 Å². The topological polar surface area (TPSA) is 24.9 Å². The van der Waals surface area contributed by atoms with Crippen molar-refractivity contribution in [2.45, 2.75) is 26.4 Å². The molecule has 0 atom stereocenters. The molecule has 1 N–H and O–H groups in total. The smallest absolute Gasteiger partial charge is 0.127 e. The van der Waals surface area contributed by atoms with Crippen LogP contribution in [0.25, 0.3) is 0 Å². The van der Waals surface area contributed by atoms with Gasteiger partial charge in [-0.3, -0.25) is 0 Å². The zero-order valence-electron chi connectivity index (χ0n) is 9.74. The average molecular weight is 250 g/mol. The van der Waals surface area contributed by atoms with Gasteiger partial charge in [-0.2, -0.15) is 0 Å². The van der Waals surface area contributed by atoms with Crippen LogP contribution in [0.5, 0.6) is 0 Å². The van der Waals surface area contributed by atoms with E-state index in [0.29, 0.717) is 18.7 Å². The van der Waals surface area contributed by atoms with Crippen LogP contribution in [0, 0.1) is 5.82 Å². The summed E-state index contributed by atoms with van der Waals surface area (Å²) in [5.41, 5.74) is 1.72. The summed E-state index contributed by atoms with van der Waals surface area (Å²) in [7, 11) is 0. The Bertz CT molecular complexity index is 482. The molecule has 0 aliphatic carbocycles. The second-order valence-electron chi connectivity index (χ2n) is 3.78. The lowest BCUT2D eigenvalue weighted by atomic mass is 10.2. The third-order valence-corrected chi connectivity index (χ3v) is 3.52. The summed E-state index contributed by atoms with van der Waals surface area (Å²) in [4.78, 5) is 4.44. The maximum atomic E-state index is 13.3. The number of nitrogens with one attached hydrogen (secondary N) is 1. The predicted octanol–water partition coefficient (Wildman–Crippen LogP) is 3.13. The molecule has 0 fully saturated rings. The molecule has 1 aromatic heterocycles. The molecular formula is C13H15FN2S. The molecule has 0 saturated carbocycles. The van der Waals surface area contributed by atoms with Crippen LogP contribution in [0.15, 0.2) is 29.6 Å². The van der Waals surface area contributed by atoms with Gasteiger partial charge in [0.15, 0.2) is 0 Å². The third-order valence-electron chi connectivity index (χ3n) is 2.48. The highest BCUT2D eigenvalue weighted by atomic mass is 32.1. The van der Waals surface area contributed by atoms with Gasteiger partial charge in [-0.1, -0.05) is 25.1 Å². The molecule has 0 unspecified atom stereocenters. The standard InChI is InChI=1S/C13H15FN2S/c1-2-13-16-11(9-17-13)8-15-7-10-5-3-4-6-12(10)14/h3-6,9,15H,2,7-8H2,1H3. The fourth-order valence-electron chi connectivity index (χ4n) is 1.56. The van der Waals surface area contributed by atoms with E-state index in [2.05, 4.69) is 17.2 Å². The van der Waals surface area contributed by atoms with Gasteiger partial charge in [-0.05, 0) is 12.5 Å². The molecule has 2 rings (SSSR count). The number of benzene rings is 1. The molecule has 0 spiro atoms. The highest BCUT2D eigenvalue weighted by molar-refractivity contribution is 7.09. The molecule has 17 heavy (non-hydrogen) atoms. The minimum absolute atomic E-state index is 0.160. The van der Waals surface area contributed by atoms with Crippen LogP contribution in [-0.2, 0) is 19.5 Å². The summed E-state index contributed by atoms with van der Waals surface area (Å²) < 4.78 is 13.3. The van der Waals surface area contributed by atoms with Crippen molar-refractivity contribution in [2.24, 2.45) is 0 Å². The average Bonchev–Trinajstić information content (AvgIpc) is 2.80. The van der Waals surface area contributed by atoms with Gasteiger partial charge in [0.05, 0.1) is 10.7 Å². The molecule has 0 saturated heterocycles. The molecule has 90 valence electrons. The fourth-order valence-corrected chi connectivity index (χ4v) is 2.30. The van der Waals surface area contributed by atoms with Crippen molar-refractivity contribution < 1.29 is 4.39 Å². The summed E-state index contributed by atoms with van der Waals surface area (Å²) in [5, 5.41) is 6.40. The maximum Gasteiger partial charge on any atom is 0.127 e. The number of hydrogen-bond donors (Lipinski definition) is 1. The summed E-state index contributed by atoms with van der Waals surface area (Å²) in [5.74, 6) is -0.160. The summed E-state index contributed by atoms with van der Waals surface area (Å²) in [6.07, 6.45) is 0.970.